The van der Waals surface area contributed by atoms with Crippen LogP contribution in [0.3, 0.4) is 0 Å². The van der Waals surface area contributed by atoms with Gasteiger partial charge in [-0.05, 0) is 31.1 Å². The van der Waals surface area contributed by atoms with Gasteiger partial charge < -0.3 is 4.90 Å². The van der Waals surface area contributed by atoms with Crippen molar-refractivity contribution in [3.63, 3.8) is 0 Å². The quantitative estimate of drug-likeness (QED) is 0.806. The molecular weight excluding hydrogens is 268 g/mol. The molecule has 2 fully saturated rings. The molecule has 2 aromatic heterocycles. The summed E-state index contributed by atoms with van der Waals surface area (Å²) in [4.78, 5) is 8.25. The highest BCUT2D eigenvalue weighted by atomic mass is 32.1. The van der Waals surface area contributed by atoms with Gasteiger partial charge in [-0.3, -0.25) is 0 Å². The number of hydrogen-bond acceptors (Lipinski definition) is 4. The van der Waals surface area contributed by atoms with Crippen LogP contribution in [0.15, 0.2) is 6.20 Å². The standard InChI is InChI=1S/C15H22N4S/c1-14(2,3)11-9-19-12(16-11)20-13(17-19)18-8-4-5-15(10-18)6-7-15/h9H,4-8,10H2,1-3H3. The fraction of sp³-hybridized carbons (Fsp3) is 0.733. The van der Waals surface area contributed by atoms with Gasteiger partial charge in [0.2, 0.25) is 10.1 Å². The van der Waals surface area contributed by atoms with E-state index in [4.69, 9.17) is 10.1 Å². The van der Waals surface area contributed by atoms with Crippen molar-refractivity contribution in [3.8, 4) is 0 Å². The Labute approximate surface area is 123 Å². The second kappa shape index (κ2) is 3.97. The van der Waals surface area contributed by atoms with Crippen molar-refractivity contribution < 1.29 is 0 Å². The van der Waals surface area contributed by atoms with E-state index < -0.39 is 0 Å². The molecule has 1 saturated carbocycles. The van der Waals surface area contributed by atoms with Crippen LogP contribution in [0.1, 0.15) is 52.1 Å². The number of hydrogen-bond donors (Lipinski definition) is 0. The fourth-order valence-electron chi connectivity index (χ4n) is 3.13. The van der Waals surface area contributed by atoms with Crippen LogP contribution >= 0.6 is 11.3 Å². The van der Waals surface area contributed by atoms with Crippen molar-refractivity contribution in [1.82, 2.24) is 14.6 Å². The molecule has 108 valence electrons. The molecular formula is C15H22N4S. The Morgan fingerprint density at radius 1 is 1.25 bits per heavy atom. The average molecular weight is 290 g/mol. The van der Waals surface area contributed by atoms with Gasteiger partial charge in [-0.1, -0.05) is 32.1 Å². The second-order valence-electron chi connectivity index (χ2n) is 7.51. The van der Waals surface area contributed by atoms with Gasteiger partial charge in [0.1, 0.15) is 0 Å². The first-order valence-corrected chi connectivity index (χ1v) is 8.39. The van der Waals surface area contributed by atoms with E-state index in [0.717, 1.165) is 22.3 Å². The number of fused-ring (bicyclic) bond motifs is 1. The predicted molar refractivity (Wildman–Crippen MR) is 82.7 cm³/mol. The highest BCUT2D eigenvalue weighted by Gasteiger charge is 2.46. The van der Waals surface area contributed by atoms with E-state index in [-0.39, 0.29) is 5.41 Å². The number of anilines is 1. The summed E-state index contributed by atoms with van der Waals surface area (Å²) in [6.45, 7) is 8.95. The van der Waals surface area contributed by atoms with E-state index in [2.05, 4.69) is 31.9 Å². The van der Waals surface area contributed by atoms with Gasteiger partial charge in [0.15, 0.2) is 0 Å². The topological polar surface area (TPSA) is 33.4 Å². The molecule has 0 unspecified atom stereocenters. The first-order chi connectivity index (χ1) is 9.45. The van der Waals surface area contributed by atoms with Crippen LogP contribution in [-0.2, 0) is 5.41 Å². The Kier molecular flexibility index (Phi) is 2.50. The summed E-state index contributed by atoms with van der Waals surface area (Å²) in [5, 5.41) is 5.91. The van der Waals surface area contributed by atoms with Crippen LogP contribution in [0.5, 0.6) is 0 Å². The van der Waals surface area contributed by atoms with Crippen LogP contribution in [0, 0.1) is 5.41 Å². The van der Waals surface area contributed by atoms with Gasteiger partial charge in [0, 0.05) is 18.5 Å². The Morgan fingerprint density at radius 2 is 2.05 bits per heavy atom. The van der Waals surface area contributed by atoms with Crippen molar-refractivity contribution in [3.05, 3.63) is 11.9 Å². The lowest BCUT2D eigenvalue weighted by atomic mass is 9.93. The summed E-state index contributed by atoms with van der Waals surface area (Å²) >= 11 is 1.74. The third kappa shape index (κ3) is 2.03. The lowest BCUT2D eigenvalue weighted by Gasteiger charge is -2.32. The van der Waals surface area contributed by atoms with Crippen LogP contribution in [0.4, 0.5) is 5.13 Å². The van der Waals surface area contributed by atoms with E-state index in [9.17, 15) is 0 Å². The second-order valence-corrected chi connectivity index (χ2v) is 8.45. The lowest BCUT2D eigenvalue weighted by Crippen LogP contribution is -2.36. The normalized spacial score (nSPS) is 21.9. The Balaban J connectivity index is 1.63. The molecule has 0 amide bonds. The number of piperidine rings is 1. The molecule has 0 bridgehead atoms. The highest BCUT2D eigenvalue weighted by Crippen LogP contribution is 2.52. The maximum absolute atomic E-state index is 4.76. The summed E-state index contributed by atoms with van der Waals surface area (Å²) in [6, 6.07) is 0. The zero-order valence-electron chi connectivity index (χ0n) is 12.5. The predicted octanol–water partition coefficient (Wildman–Crippen LogP) is 3.47. The van der Waals surface area contributed by atoms with Gasteiger partial charge in [0.05, 0.1) is 11.9 Å². The first kappa shape index (κ1) is 12.6. The molecule has 0 aromatic carbocycles. The minimum absolute atomic E-state index is 0.0940. The third-order valence-electron chi connectivity index (χ3n) is 4.69. The molecule has 0 radical (unpaired) electrons. The molecule has 1 aliphatic carbocycles. The molecule has 4 nitrogen and oxygen atoms in total. The minimum Gasteiger partial charge on any atom is -0.346 e. The van der Waals surface area contributed by atoms with E-state index in [1.807, 2.05) is 4.52 Å². The van der Waals surface area contributed by atoms with Crippen molar-refractivity contribution in [1.29, 1.82) is 0 Å². The maximum Gasteiger partial charge on any atom is 0.214 e. The van der Waals surface area contributed by atoms with Crippen molar-refractivity contribution in [2.75, 3.05) is 18.0 Å². The Morgan fingerprint density at radius 3 is 2.70 bits per heavy atom. The van der Waals surface area contributed by atoms with Crippen molar-refractivity contribution in [2.45, 2.75) is 51.9 Å². The summed E-state index contributed by atoms with van der Waals surface area (Å²) < 4.78 is 1.97. The number of rotatable bonds is 1. The van der Waals surface area contributed by atoms with Crippen LogP contribution in [0.25, 0.3) is 4.96 Å². The molecule has 4 rings (SSSR count). The van der Waals surface area contributed by atoms with Gasteiger partial charge in [-0.15, -0.1) is 5.10 Å². The molecule has 3 heterocycles. The first-order valence-electron chi connectivity index (χ1n) is 7.57. The molecule has 1 aliphatic heterocycles. The molecule has 1 saturated heterocycles. The molecule has 0 N–H and O–H groups in total. The molecule has 2 aliphatic rings. The van der Waals surface area contributed by atoms with Crippen LogP contribution in [0.2, 0.25) is 0 Å². The van der Waals surface area contributed by atoms with Crippen molar-refractivity contribution in [2.24, 2.45) is 5.41 Å². The molecule has 1 spiro atoms. The largest absolute Gasteiger partial charge is 0.346 e. The summed E-state index contributed by atoms with van der Waals surface area (Å²) in [5.41, 5.74) is 1.86. The zero-order valence-corrected chi connectivity index (χ0v) is 13.3. The molecule has 2 aromatic rings. The van der Waals surface area contributed by atoms with Crippen LogP contribution < -0.4 is 4.90 Å². The Bertz CT molecular complexity index is 613. The van der Waals surface area contributed by atoms with Gasteiger partial charge >= 0.3 is 0 Å². The SMILES string of the molecule is CC(C)(C)c1cn2nc(N3CCCC4(CC4)C3)sc2n1. The maximum atomic E-state index is 4.76. The van der Waals surface area contributed by atoms with Gasteiger partial charge in [-0.25, -0.2) is 9.50 Å². The molecule has 20 heavy (non-hydrogen) atoms. The third-order valence-corrected chi connectivity index (χ3v) is 5.67. The lowest BCUT2D eigenvalue weighted by molar-refractivity contribution is 0.394. The van der Waals surface area contributed by atoms with E-state index in [0.29, 0.717) is 5.41 Å². The van der Waals surface area contributed by atoms with E-state index >= 15 is 0 Å². The van der Waals surface area contributed by atoms with Crippen LogP contribution in [-0.4, -0.2) is 27.7 Å². The number of aromatic nitrogens is 3. The monoisotopic (exact) mass is 290 g/mol. The highest BCUT2D eigenvalue weighted by molar-refractivity contribution is 7.20. The van der Waals surface area contributed by atoms with Gasteiger partial charge in [0.25, 0.3) is 0 Å². The molecule has 0 atom stereocenters. The zero-order chi connectivity index (χ0) is 14.0. The van der Waals surface area contributed by atoms with E-state index in [1.165, 1.54) is 32.2 Å². The number of imidazole rings is 1. The summed E-state index contributed by atoms with van der Waals surface area (Å²) in [7, 11) is 0. The fourth-order valence-corrected chi connectivity index (χ4v) is 4.04. The van der Waals surface area contributed by atoms with Crippen molar-refractivity contribution >= 4 is 21.4 Å². The Hall–Kier alpha value is -1.10. The average Bonchev–Trinajstić information content (AvgIpc) is 2.84. The summed E-state index contributed by atoms with van der Waals surface area (Å²) in [6.07, 6.45) is 7.65. The number of nitrogens with zero attached hydrogens (tertiary/aromatic N) is 4. The summed E-state index contributed by atoms with van der Waals surface area (Å²) in [5.74, 6) is 0. The minimum atomic E-state index is 0.0940. The van der Waals surface area contributed by atoms with E-state index in [1.54, 1.807) is 11.3 Å². The smallest absolute Gasteiger partial charge is 0.214 e. The van der Waals surface area contributed by atoms with Gasteiger partial charge in [-0.2, -0.15) is 0 Å². The molecule has 5 heteroatoms.